The molecule has 4 heteroatoms. The number of rotatable bonds is 7. The van der Waals surface area contributed by atoms with Crippen molar-refractivity contribution >= 4 is 46.1 Å². The first-order valence-electron chi connectivity index (χ1n) is 15.9. The summed E-state index contributed by atoms with van der Waals surface area (Å²) in [6, 6.07) is 62.5. The third-order valence-corrected chi connectivity index (χ3v) is 15.4. The fourth-order valence-corrected chi connectivity index (χ4v) is 12.4. The van der Waals surface area contributed by atoms with Crippen LogP contribution in [0.2, 0.25) is 0 Å². The van der Waals surface area contributed by atoms with Crippen molar-refractivity contribution in [1.82, 2.24) is 0 Å². The van der Waals surface area contributed by atoms with E-state index in [1.54, 1.807) is 0 Å². The molecule has 0 aromatic heterocycles. The van der Waals surface area contributed by atoms with Gasteiger partial charge < -0.3 is 9.13 Å². The average Bonchev–Trinajstić information content (AvgIpc) is 3.49. The van der Waals surface area contributed by atoms with Gasteiger partial charge in [0.2, 0.25) is 0 Å². The van der Waals surface area contributed by atoms with Crippen molar-refractivity contribution in [2.45, 2.75) is 5.92 Å². The van der Waals surface area contributed by atoms with Crippen LogP contribution in [0.3, 0.4) is 0 Å². The van der Waals surface area contributed by atoms with Crippen LogP contribution in [0.4, 0.5) is 0 Å². The Bertz CT molecular complexity index is 2050. The van der Waals surface area contributed by atoms with Crippen molar-refractivity contribution in [3.05, 3.63) is 205 Å². The fraction of sp³-hybridized carbons (Fsp3) is 0.0233. The van der Waals surface area contributed by atoms with Crippen molar-refractivity contribution in [2.75, 3.05) is 0 Å². The molecule has 7 aromatic rings. The first-order valence-corrected chi connectivity index (χ1v) is 19.3. The molecule has 8 rings (SSSR count). The normalized spacial score (nSPS) is 12.8. The molecular weight excluding hydrogens is 610 g/mol. The molecule has 0 radical (unpaired) electrons. The van der Waals surface area contributed by atoms with Crippen molar-refractivity contribution in [2.24, 2.45) is 0 Å². The van der Waals surface area contributed by atoms with E-state index in [1.165, 1.54) is 0 Å². The molecular formula is C43H32O2P2. The van der Waals surface area contributed by atoms with Gasteiger partial charge in [0, 0.05) is 37.7 Å². The Hall–Kier alpha value is -5.00. The highest BCUT2D eigenvalue weighted by Gasteiger charge is 2.37. The van der Waals surface area contributed by atoms with Crippen LogP contribution >= 0.6 is 14.3 Å². The number of hydrogen-bond donors (Lipinski definition) is 0. The van der Waals surface area contributed by atoms with Crippen LogP contribution in [0, 0.1) is 0 Å². The van der Waals surface area contributed by atoms with Crippen molar-refractivity contribution in [1.29, 1.82) is 0 Å². The van der Waals surface area contributed by atoms with Gasteiger partial charge in [-0.3, -0.25) is 0 Å². The third kappa shape index (κ3) is 4.88. The minimum Gasteiger partial charge on any atom is -0.309 e. The van der Waals surface area contributed by atoms with Gasteiger partial charge in [0.15, 0.2) is 14.3 Å². The van der Waals surface area contributed by atoms with Gasteiger partial charge in [-0.2, -0.15) is 0 Å². The van der Waals surface area contributed by atoms with Gasteiger partial charge in [0.1, 0.15) is 0 Å². The molecule has 7 aromatic carbocycles. The van der Waals surface area contributed by atoms with Gasteiger partial charge >= 0.3 is 0 Å². The zero-order valence-corrected chi connectivity index (χ0v) is 27.5. The Labute approximate surface area is 276 Å². The van der Waals surface area contributed by atoms with Crippen molar-refractivity contribution < 1.29 is 9.13 Å². The molecule has 0 fully saturated rings. The van der Waals surface area contributed by atoms with E-state index in [2.05, 4.69) is 48.5 Å². The van der Waals surface area contributed by atoms with Crippen LogP contribution in [0.15, 0.2) is 188 Å². The maximum Gasteiger partial charge on any atom is 0.171 e. The molecule has 0 amide bonds. The molecule has 0 unspecified atom stereocenters. The Morgan fingerprint density at radius 2 is 0.617 bits per heavy atom. The van der Waals surface area contributed by atoms with Gasteiger partial charge in [-0.15, -0.1) is 0 Å². The largest absolute Gasteiger partial charge is 0.309 e. The Balaban J connectivity index is 1.35. The van der Waals surface area contributed by atoms with E-state index in [9.17, 15) is 0 Å². The van der Waals surface area contributed by atoms with Gasteiger partial charge in [-0.1, -0.05) is 176 Å². The molecule has 1 aliphatic rings. The first kappa shape index (κ1) is 29.4. The Morgan fingerprint density at radius 3 is 0.936 bits per heavy atom. The minimum absolute atomic E-state index is 0.110. The zero-order chi connectivity index (χ0) is 31.8. The predicted molar refractivity (Wildman–Crippen MR) is 198 cm³/mol. The first-order chi connectivity index (χ1) is 23.1. The molecule has 0 aliphatic heterocycles. The van der Waals surface area contributed by atoms with Gasteiger partial charge in [-0.25, -0.2) is 0 Å². The molecule has 0 heterocycles. The van der Waals surface area contributed by atoms with E-state index in [0.29, 0.717) is 0 Å². The third-order valence-electron chi connectivity index (χ3n) is 9.32. The van der Waals surface area contributed by atoms with E-state index < -0.39 is 14.3 Å². The lowest BCUT2D eigenvalue weighted by Crippen LogP contribution is -2.25. The van der Waals surface area contributed by atoms with E-state index in [4.69, 9.17) is 0 Å². The zero-order valence-electron chi connectivity index (χ0n) is 25.7. The highest BCUT2D eigenvalue weighted by atomic mass is 31.2. The molecule has 1 aliphatic carbocycles. The summed E-state index contributed by atoms with van der Waals surface area (Å²) in [5.41, 5.74) is 5.60. The predicted octanol–water partition coefficient (Wildman–Crippen LogP) is 8.13. The van der Waals surface area contributed by atoms with E-state index in [-0.39, 0.29) is 5.92 Å². The highest BCUT2D eigenvalue weighted by Crippen LogP contribution is 2.52. The maximum absolute atomic E-state index is 15.4. The highest BCUT2D eigenvalue weighted by molar-refractivity contribution is 7.85. The monoisotopic (exact) mass is 642 g/mol. The molecule has 0 bridgehead atoms. The molecule has 0 spiro atoms. The van der Waals surface area contributed by atoms with E-state index >= 15 is 9.13 Å². The Morgan fingerprint density at radius 1 is 0.319 bits per heavy atom. The summed E-state index contributed by atoms with van der Waals surface area (Å²) in [6.45, 7) is 0. The van der Waals surface area contributed by atoms with Crippen LogP contribution in [0.25, 0.3) is 11.1 Å². The smallest absolute Gasteiger partial charge is 0.171 e. The van der Waals surface area contributed by atoms with Crippen LogP contribution in [0.5, 0.6) is 0 Å². The lowest BCUT2D eigenvalue weighted by atomic mass is 9.89. The van der Waals surface area contributed by atoms with E-state index in [1.807, 2.05) is 140 Å². The summed E-state index contributed by atoms with van der Waals surface area (Å²) in [6.07, 6.45) is 0. The lowest BCUT2D eigenvalue weighted by molar-refractivity contribution is 0.591. The summed E-state index contributed by atoms with van der Waals surface area (Å²) in [5, 5.41) is 4.86. The van der Waals surface area contributed by atoms with Crippen molar-refractivity contribution in [3.8, 4) is 11.1 Å². The number of benzene rings is 7. The second-order valence-corrected chi connectivity index (χ2v) is 17.5. The fourth-order valence-electron chi connectivity index (χ4n) is 7.08. The average molecular weight is 643 g/mol. The van der Waals surface area contributed by atoms with Crippen molar-refractivity contribution in [3.63, 3.8) is 0 Å². The molecule has 226 valence electrons. The molecule has 0 atom stereocenters. The number of fused-ring (bicyclic) bond motifs is 3. The van der Waals surface area contributed by atoms with Crippen LogP contribution in [-0.2, 0) is 9.13 Å². The standard InChI is InChI=1S/C43H32O2P2/c44-46(33-18-8-2-9-19-33,34-20-10-3-11-21-34)37-26-28-39-40-29-27-38(31-42(40)43(41(39)30-37)32-16-6-1-7-17-32)47(45,35-22-12-4-13-23-35)36-24-14-5-15-25-36/h1-31,43H. The SMILES string of the molecule is O=P(c1ccccc1)(c1ccccc1)c1ccc2c(c1)C(c1ccccc1)c1cc(P(=O)(c3ccccc3)c3ccccc3)ccc1-2. The maximum atomic E-state index is 15.4. The van der Waals surface area contributed by atoms with Crippen LogP contribution < -0.4 is 31.8 Å². The van der Waals surface area contributed by atoms with E-state index in [0.717, 1.165) is 59.6 Å². The second-order valence-electron chi connectivity index (χ2n) is 11.9. The van der Waals surface area contributed by atoms with Gasteiger partial charge in [0.05, 0.1) is 0 Å². The summed E-state index contributed by atoms with van der Waals surface area (Å²) in [4.78, 5) is 0. The number of hydrogen-bond acceptors (Lipinski definition) is 2. The Kier molecular flexibility index (Phi) is 7.49. The summed E-state index contributed by atoms with van der Waals surface area (Å²) in [7, 11) is -6.37. The second kappa shape index (κ2) is 12.0. The summed E-state index contributed by atoms with van der Waals surface area (Å²) in [5.74, 6) is -0.110. The minimum atomic E-state index is -3.18. The molecule has 0 N–H and O–H groups in total. The van der Waals surface area contributed by atoms with Crippen LogP contribution in [-0.4, -0.2) is 0 Å². The summed E-state index contributed by atoms with van der Waals surface area (Å²) >= 11 is 0. The molecule has 0 saturated heterocycles. The van der Waals surface area contributed by atoms with Gasteiger partial charge in [0.25, 0.3) is 0 Å². The topological polar surface area (TPSA) is 34.1 Å². The summed E-state index contributed by atoms with van der Waals surface area (Å²) < 4.78 is 30.8. The molecule has 2 nitrogen and oxygen atoms in total. The van der Waals surface area contributed by atoms with Gasteiger partial charge in [-0.05, 0) is 39.9 Å². The molecule has 47 heavy (non-hydrogen) atoms. The van der Waals surface area contributed by atoms with Crippen LogP contribution in [0.1, 0.15) is 22.6 Å². The quantitative estimate of drug-likeness (QED) is 0.165. The lowest BCUT2D eigenvalue weighted by Gasteiger charge is -2.23. The molecule has 0 saturated carbocycles.